The van der Waals surface area contributed by atoms with Gasteiger partial charge in [-0.2, -0.15) is 0 Å². The van der Waals surface area contributed by atoms with Crippen LogP contribution in [0.25, 0.3) is 0 Å². The van der Waals surface area contributed by atoms with Crippen LogP contribution in [0.15, 0.2) is 23.1 Å². The van der Waals surface area contributed by atoms with Crippen molar-refractivity contribution in [3.63, 3.8) is 0 Å². The number of fused-ring (bicyclic) bond motifs is 1. The summed E-state index contributed by atoms with van der Waals surface area (Å²) in [5.74, 6) is 3.10. The van der Waals surface area contributed by atoms with Gasteiger partial charge in [0.1, 0.15) is 13.2 Å². The molecule has 0 aromatic heterocycles. The summed E-state index contributed by atoms with van der Waals surface area (Å²) in [5, 5.41) is 0. The SMILES string of the molecule is NCC1CCN(C(=O)CCSc2ccc3c(c2)OCCO3)C1. The van der Waals surface area contributed by atoms with E-state index in [4.69, 9.17) is 15.2 Å². The van der Waals surface area contributed by atoms with Gasteiger partial charge in [0.25, 0.3) is 0 Å². The summed E-state index contributed by atoms with van der Waals surface area (Å²) in [4.78, 5) is 15.2. The van der Waals surface area contributed by atoms with E-state index in [2.05, 4.69) is 0 Å². The Morgan fingerprint density at radius 2 is 2.14 bits per heavy atom. The minimum Gasteiger partial charge on any atom is -0.486 e. The van der Waals surface area contributed by atoms with E-state index in [9.17, 15) is 4.79 Å². The van der Waals surface area contributed by atoms with Crippen LogP contribution < -0.4 is 15.2 Å². The Balaban J connectivity index is 1.46. The Kier molecular flexibility index (Phi) is 5.10. The van der Waals surface area contributed by atoms with Crippen LogP contribution in [-0.2, 0) is 4.79 Å². The van der Waals surface area contributed by atoms with E-state index in [1.54, 1.807) is 11.8 Å². The van der Waals surface area contributed by atoms with E-state index >= 15 is 0 Å². The van der Waals surface area contributed by atoms with E-state index in [0.717, 1.165) is 41.7 Å². The van der Waals surface area contributed by atoms with E-state index < -0.39 is 0 Å². The molecule has 2 aliphatic rings. The van der Waals surface area contributed by atoms with Crippen LogP contribution in [0.2, 0.25) is 0 Å². The van der Waals surface area contributed by atoms with Gasteiger partial charge < -0.3 is 20.1 Å². The van der Waals surface area contributed by atoms with Gasteiger partial charge in [0.15, 0.2) is 11.5 Å². The highest BCUT2D eigenvalue weighted by Gasteiger charge is 2.24. The average Bonchev–Trinajstić information content (AvgIpc) is 3.04. The molecular weight excluding hydrogens is 300 g/mol. The van der Waals surface area contributed by atoms with Crippen LogP contribution in [0.1, 0.15) is 12.8 Å². The molecule has 0 bridgehead atoms. The summed E-state index contributed by atoms with van der Waals surface area (Å²) in [7, 11) is 0. The van der Waals surface area contributed by atoms with Crippen molar-refractivity contribution in [2.24, 2.45) is 11.7 Å². The molecular formula is C16H22N2O3S. The van der Waals surface area contributed by atoms with Crippen LogP contribution in [0.3, 0.4) is 0 Å². The lowest BCUT2D eigenvalue weighted by atomic mass is 10.1. The largest absolute Gasteiger partial charge is 0.486 e. The second kappa shape index (κ2) is 7.24. The van der Waals surface area contributed by atoms with Gasteiger partial charge in [0, 0.05) is 30.2 Å². The summed E-state index contributed by atoms with van der Waals surface area (Å²) in [6, 6.07) is 5.94. The molecule has 1 aromatic carbocycles. The molecule has 1 saturated heterocycles. The quantitative estimate of drug-likeness (QED) is 0.837. The molecule has 0 saturated carbocycles. The van der Waals surface area contributed by atoms with Crippen molar-refractivity contribution in [3.05, 3.63) is 18.2 Å². The fourth-order valence-corrected chi connectivity index (χ4v) is 3.65. The summed E-state index contributed by atoms with van der Waals surface area (Å²) in [6.45, 7) is 3.56. The van der Waals surface area contributed by atoms with E-state index in [0.29, 0.717) is 32.1 Å². The smallest absolute Gasteiger partial charge is 0.223 e. The molecule has 1 fully saturated rings. The second-order valence-corrected chi connectivity index (χ2v) is 6.80. The predicted molar refractivity (Wildman–Crippen MR) is 86.5 cm³/mol. The summed E-state index contributed by atoms with van der Waals surface area (Å²) in [6.07, 6.45) is 1.61. The highest BCUT2D eigenvalue weighted by molar-refractivity contribution is 7.99. The van der Waals surface area contributed by atoms with Crippen LogP contribution >= 0.6 is 11.8 Å². The van der Waals surface area contributed by atoms with Crippen LogP contribution in [0.4, 0.5) is 0 Å². The highest BCUT2D eigenvalue weighted by atomic mass is 32.2. The first-order valence-electron chi connectivity index (χ1n) is 7.76. The van der Waals surface area contributed by atoms with Crippen molar-refractivity contribution in [2.75, 3.05) is 38.6 Å². The number of nitrogens with zero attached hydrogens (tertiary/aromatic N) is 1. The highest BCUT2D eigenvalue weighted by Crippen LogP contribution is 2.34. The Bertz CT molecular complexity index is 538. The van der Waals surface area contributed by atoms with Gasteiger partial charge >= 0.3 is 0 Å². The zero-order valence-corrected chi connectivity index (χ0v) is 13.4. The van der Waals surface area contributed by atoms with Gasteiger partial charge in [0.2, 0.25) is 5.91 Å². The molecule has 0 aliphatic carbocycles. The monoisotopic (exact) mass is 322 g/mol. The normalized spacial score (nSPS) is 20.2. The van der Waals surface area contributed by atoms with Crippen molar-refractivity contribution < 1.29 is 14.3 Å². The third-order valence-electron chi connectivity index (χ3n) is 4.07. The van der Waals surface area contributed by atoms with Gasteiger partial charge in [0.05, 0.1) is 0 Å². The predicted octanol–water partition coefficient (Wildman–Crippen LogP) is 1.75. The number of hydrogen-bond donors (Lipinski definition) is 1. The summed E-state index contributed by atoms with van der Waals surface area (Å²) >= 11 is 1.68. The first kappa shape index (κ1) is 15.5. The molecule has 1 amide bonds. The lowest BCUT2D eigenvalue weighted by Crippen LogP contribution is -2.30. The van der Waals surface area contributed by atoms with Gasteiger partial charge in [-0.1, -0.05) is 0 Å². The number of carbonyl (C=O) groups excluding carboxylic acids is 1. The van der Waals surface area contributed by atoms with E-state index in [1.807, 2.05) is 23.1 Å². The van der Waals surface area contributed by atoms with Crippen LogP contribution in [0.5, 0.6) is 11.5 Å². The first-order chi connectivity index (χ1) is 10.8. The Labute approximate surface area is 135 Å². The van der Waals surface area contributed by atoms with E-state index in [-0.39, 0.29) is 5.91 Å². The number of benzene rings is 1. The lowest BCUT2D eigenvalue weighted by molar-refractivity contribution is -0.129. The third-order valence-corrected chi connectivity index (χ3v) is 5.07. The van der Waals surface area contributed by atoms with Gasteiger partial charge in [-0.05, 0) is 37.1 Å². The molecule has 3 rings (SSSR count). The minimum absolute atomic E-state index is 0.237. The average molecular weight is 322 g/mol. The number of rotatable bonds is 5. The molecule has 2 heterocycles. The fraction of sp³-hybridized carbons (Fsp3) is 0.562. The van der Waals surface area contributed by atoms with Gasteiger partial charge in [-0.3, -0.25) is 4.79 Å². The number of carbonyl (C=O) groups is 1. The molecule has 1 aromatic rings. The zero-order valence-electron chi connectivity index (χ0n) is 12.6. The van der Waals surface area contributed by atoms with Gasteiger partial charge in [-0.25, -0.2) is 0 Å². The lowest BCUT2D eigenvalue weighted by Gasteiger charge is -2.19. The molecule has 0 spiro atoms. The standard InChI is InChI=1S/C16H22N2O3S/c17-10-12-3-5-18(11-12)16(19)4-8-22-13-1-2-14-15(9-13)21-7-6-20-14/h1-2,9,12H,3-8,10-11,17H2. The second-order valence-electron chi connectivity index (χ2n) is 5.63. The molecule has 1 atom stereocenters. The van der Waals surface area contributed by atoms with Crippen molar-refractivity contribution in [1.29, 1.82) is 0 Å². The number of ether oxygens (including phenoxy) is 2. The van der Waals surface area contributed by atoms with Crippen molar-refractivity contribution in [3.8, 4) is 11.5 Å². The molecule has 2 N–H and O–H groups in total. The van der Waals surface area contributed by atoms with Crippen molar-refractivity contribution >= 4 is 17.7 Å². The van der Waals surface area contributed by atoms with Crippen molar-refractivity contribution in [2.45, 2.75) is 17.7 Å². The summed E-state index contributed by atoms with van der Waals surface area (Å²) < 4.78 is 11.1. The number of amides is 1. The number of likely N-dealkylation sites (tertiary alicyclic amines) is 1. The maximum Gasteiger partial charge on any atom is 0.223 e. The summed E-state index contributed by atoms with van der Waals surface area (Å²) in [5.41, 5.74) is 5.66. The molecule has 22 heavy (non-hydrogen) atoms. The molecule has 5 nitrogen and oxygen atoms in total. The first-order valence-corrected chi connectivity index (χ1v) is 8.75. The van der Waals surface area contributed by atoms with Gasteiger partial charge in [-0.15, -0.1) is 11.8 Å². The van der Waals surface area contributed by atoms with Crippen LogP contribution in [0, 0.1) is 5.92 Å². The zero-order chi connectivity index (χ0) is 15.4. The molecule has 0 radical (unpaired) electrons. The number of hydrogen-bond acceptors (Lipinski definition) is 5. The Morgan fingerprint density at radius 1 is 1.32 bits per heavy atom. The topological polar surface area (TPSA) is 64.8 Å². The van der Waals surface area contributed by atoms with Crippen LogP contribution in [-0.4, -0.2) is 49.4 Å². The molecule has 2 aliphatic heterocycles. The third kappa shape index (κ3) is 3.67. The van der Waals surface area contributed by atoms with E-state index in [1.165, 1.54) is 0 Å². The number of thioether (sulfide) groups is 1. The molecule has 6 heteroatoms. The Hall–Kier alpha value is -1.40. The molecule has 1 unspecified atom stereocenters. The Morgan fingerprint density at radius 3 is 2.91 bits per heavy atom. The maximum atomic E-state index is 12.2. The maximum absolute atomic E-state index is 12.2. The number of nitrogens with two attached hydrogens (primary N) is 1. The van der Waals surface area contributed by atoms with Crippen molar-refractivity contribution in [1.82, 2.24) is 4.90 Å². The fourth-order valence-electron chi connectivity index (χ4n) is 2.78. The molecule has 120 valence electrons. The minimum atomic E-state index is 0.237.